The van der Waals surface area contributed by atoms with Gasteiger partial charge in [-0.15, -0.1) is 0 Å². The molecule has 2 unspecified atom stereocenters. The molecule has 1 fully saturated rings. The molecule has 2 atom stereocenters. The number of carbonyl (C=O) groups excluding carboxylic acids is 1. The number of benzene rings is 1. The first-order valence-electron chi connectivity index (χ1n) is 6.27. The third-order valence-corrected chi connectivity index (χ3v) is 3.99. The molecule has 0 spiro atoms. The molecular weight excluding hydrogens is 230 g/mol. The van der Waals surface area contributed by atoms with E-state index in [1.807, 2.05) is 12.1 Å². The first-order valence-corrected chi connectivity index (χ1v) is 6.27. The number of likely N-dealkylation sites (tertiary alicyclic amines) is 1. The molecule has 1 aliphatic carbocycles. The molecule has 1 aromatic rings. The molecule has 1 amide bonds. The lowest BCUT2D eigenvalue weighted by Gasteiger charge is -2.34. The number of rotatable bonds is 3. The Balaban J connectivity index is 1.74. The standard InChI is InChI=1S/C14H15NO3/c16-13-6-5-12(14(17)18)15(13)8-10-7-9-3-1-2-4-11(9)10/h1-4,10,12H,5-8H2,(H,17,18). The minimum Gasteiger partial charge on any atom is -0.480 e. The van der Waals surface area contributed by atoms with Crippen molar-refractivity contribution in [3.63, 3.8) is 0 Å². The van der Waals surface area contributed by atoms with Gasteiger partial charge < -0.3 is 10.0 Å². The van der Waals surface area contributed by atoms with Crippen LogP contribution in [0.2, 0.25) is 0 Å². The maximum absolute atomic E-state index is 11.7. The molecule has 1 saturated heterocycles. The molecule has 4 nitrogen and oxygen atoms in total. The Morgan fingerprint density at radius 1 is 1.39 bits per heavy atom. The summed E-state index contributed by atoms with van der Waals surface area (Å²) in [5.41, 5.74) is 2.59. The van der Waals surface area contributed by atoms with Crippen LogP contribution in [-0.4, -0.2) is 34.5 Å². The van der Waals surface area contributed by atoms with Crippen molar-refractivity contribution in [2.75, 3.05) is 6.54 Å². The molecule has 1 N–H and O–H groups in total. The van der Waals surface area contributed by atoms with E-state index in [-0.39, 0.29) is 5.91 Å². The lowest BCUT2D eigenvalue weighted by molar-refractivity contribution is -0.146. The highest BCUT2D eigenvalue weighted by Gasteiger charge is 2.39. The molecule has 3 rings (SSSR count). The number of carboxylic acids is 1. The Bertz CT molecular complexity index is 512. The van der Waals surface area contributed by atoms with E-state index in [1.165, 1.54) is 11.1 Å². The SMILES string of the molecule is O=C(O)C1CCC(=O)N1CC1Cc2ccccc21. The number of hydrogen-bond acceptors (Lipinski definition) is 2. The molecule has 1 aliphatic heterocycles. The van der Waals surface area contributed by atoms with Crippen LogP contribution in [0.4, 0.5) is 0 Å². The van der Waals surface area contributed by atoms with Gasteiger partial charge in [0.1, 0.15) is 6.04 Å². The summed E-state index contributed by atoms with van der Waals surface area (Å²) in [4.78, 5) is 24.4. The fraction of sp³-hybridized carbons (Fsp3) is 0.429. The maximum Gasteiger partial charge on any atom is 0.326 e. The van der Waals surface area contributed by atoms with Gasteiger partial charge in [0.15, 0.2) is 0 Å². The van der Waals surface area contributed by atoms with Crippen LogP contribution >= 0.6 is 0 Å². The van der Waals surface area contributed by atoms with Crippen LogP contribution in [0.1, 0.15) is 29.9 Å². The van der Waals surface area contributed by atoms with Gasteiger partial charge in [0.2, 0.25) is 5.91 Å². The molecule has 0 radical (unpaired) electrons. The lowest BCUT2D eigenvalue weighted by atomic mass is 9.77. The van der Waals surface area contributed by atoms with Gasteiger partial charge in [0.05, 0.1) is 0 Å². The third kappa shape index (κ3) is 1.68. The van der Waals surface area contributed by atoms with Crippen molar-refractivity contribution in [1.82, 2.24) is 4.90 Å². The van der Waals surface area contributed by atoms with Gasteiger partial charge in [-0.3, -0.25) is 4.79 Å². The number of fused-ring (bicyclic) bond motifs is 1. The molecule has 0 bridgehead atoms. The largest absolute Gasteiger partial charge is 0.480 e. The zero-order valence-corrected chi connectivity index (χ0v) is 10.0. The molecule has 0 aromatic heterocycles. The summed E-state index contributed by atoms with van der Waals surface area (Å²) in [6.45, 7) is 0.548. The quantitative estimate of drug-likeness (QED) is 0.875. The van der Waals surface area contributed by atoms with Gasteiger partial charge in [-0.25, -0.2) is 4.79 Å². The first-order chi connectivity index (χ1) is 8.66. The Kier molecular flexibility index (Phi) is 2.58. The van der Waals surface area contributed by atoms with E-state index in [1.54, 1.807) is 4.90 Å². The summed E-state index contributed by atoms with van der Waals surface area (Å²) in [5.74, 6) is -0.592. The van der Waals surface area contributed by atoms with Crippen LogP contribution in [0.3, 0.4) is 0 Å². The smallest absolute Gasteiger partial charge is 0.326 e. The summed E-state index contributed by atoms with van der Waals surface area (Å²) in [5, 5.41) is 9.11. The second-order valence-corrected chi connectivity index (χ2v) is 5.04. The molecule has 2 aliphatic rings. The van der Waals surface area contributed by atoms with Crippen LogP contribution in [0.15, 0.2) is 24.3 Å². The van der Waals surface area contributed by atoms with Crippen LogP contribution in [-0.2, 0) is 16.0 Å². The zero-order chi connectivity index (χ0) is 12.7. The minimum absolute atomic E-state index is 0.0215. The summed E-state index contributed by atoms with van der Waals surface area (Å²) in [6, 6.07) is 7.54. The van der Waals surface area contributed by atoms with E-state index in [4.69, 9.17) is 5.11 Å². The Labute approximate surface area is 105 Å². The second-order valence-electron chi connectivity index (χ2n) is 5.04. The van der Waals surface area contributed by atoms with Gasteiger partial charge in [-0.1, -0.05) is 24.3 Å². The van der Waals surface area contributed by atoms with E-state index in [0.29, 0.717) is 25.3 Å². The Hall–Kier alpha value is -1.84. The molecule has 94 valence electrons. The fourth-order valence-electron chi connectivity index (χ4n) is 2.98. The van der Waals surface area contributed by atoms with Gasteiger partial charge >= 0.3 is 5.97 Å². The maximum atomic E-state index is 11.7. The van der Waals surface area contributed by atoms with Crippen molar-refractivity contribution in [2.24, 2.45) is 0 Å². The minimum atomic E-state index is -0.881. The first kappa shape index (κ1) is 11.3. The summed E-state index contributed by atoms with van der Waals surface area (Å²) in [7, 11) is 0. The highest BCUT2D eigenvalue weighted by Crippen LogP contribution is 2.36. The highest BCUT2D eigenvalue weighted by atomic mass is 16.4. The van der Waals surface area contributed by atoms with Crippen molar-refractivity contribution in [3.05, 3.63) is 35.4 Å². The van der Waals surface area contributed by atoms with E-state index in [0.717, 1.165) is 6.42 Å². The normalized spacial score (nSPS) is 25.8. The monoisotopic (exact) mass is 245 g/mol. The Morgan fingerprint density at radius 3 is 2.89 bits per heavy atom. The number of hydrogen-bond donors (Lipinski definition) is 1. The van der Waals surface area contributed by atoms with E-state index in [9.17, 15) is 9.59 Å². The molecule has 1 heterocycles. The third-order valence-electron chi connectivity index (χ3n) is 3.99. The molecule has 1 aromatic carbocycles. The second kappa shape index (κ2) is 4.12. The molecule has 0 saturated carbocycles. The predicted octanol–water partition coefficient (Wildman–Crippen LogP) is 1.40. The van der Waals surface area contributed by atoms with Crippen LogP contribution < -0.4 is 0 Å². The average molecular weight is 245 g/mol. The number of nitrogens with zero attached hydrogens (tertiary/aromatic N) is 1. The van der Waals surface area contributed by atoms with Crippen LogP contribution in [0.5, 0.6) is 0 Å². The number of aliphatic carboxylic acids is 1. The lowest BCUT2D eigenvalue weighted by Crippen LogP contribution is -2.42. The van der Waals surface area contributed by atoms with Gasteiger partial charge in [0, 0.05) is 18.9 Å². The summed E-state index contributed by atoms with van der Waals surface area (Å²) >= 11 is 0. The zero-order valence-electron chi connectivity index (χ0n) is 10.0. The average Bonchev–Trinajstić information content (AvgIpc) is 2.68. The van der Waals surface area contributed by atoms with E-state index < -0.39 is 12.0 Å². The molecule has 18 heavy (non-hydrogen) atoms. The number of carbonyl (C=O) groups is 2. The van der Waals surface area contributed by atoms with E-state index in [2.05, 4.69) is 12.1 Å². The summed E-state index contributed by atoms with van der Waals surface area (Å²) < 4.78 is 0. The number of amides is 1. The summed E-state index contributed by atoms with van der Waals surface area (Å²) in [6.07, 6.45) is 1.76. The number of carboxylic acid groups (broad SMARTS) is 1. The van der Waals surface area contributed by atoms with Crippen molar-refractivity contribution in [2.45, 2.75) is 31.2 Å². The highest BCUT2D eigenvalue weighted by molar-refractivity contribution is 5.87. The van der Waals surface area contributed by atoms with Crippen molar-refractivity contribution < 1.29 is 14.7 Å². The van der Waals surface area contributed by atoms with Crippen LogP contribution in [0.25, 0.3) is 0 Å². The van der Waals surface area contributed by atoms with E-state index >= 15 is 0 Å². The fourth-order valence-corrected chi connectivity index (χ4v) is 2.98. The van der Waals surface area contributed by atoms with Crippen molar-refractivity contribution in [3.8, 4) is 0 Å². The topological polar surface area (TPSA) is 57.6 Å². The van der Waals surface area contributed by atoms with Gasteiger partial charge in [0.25, 0.3) is 0 Å². The van der Waals surface area contributed by atoms with Gasteiger partial charge in [-0.2, -0.15) is 0 Å². The predicted molar refractivity (Wildman–Crippen MR) is 65.3 cm³/mol. The molecular formula is C14H15NO3. The van der Waals surface area contributed by atoms with Crippen molar-refractivity contribution >= 4 is 11.9 Å². The van der Waals surface area contributed by atoms with Crippen molar-refractivity contribution in [1.29, 1.82) is 0 Å². The Morgan fingerprint density at radius 2 is 2.17 bits per heavy atom. The van der Waals surface area contributed by atoms with Crippen LogP contribution in [0, 0.1) is 0 Å². The van der Waals surface area contributed by atoms with Gasteiger partial charge in [-0.05, 0) is 24.0 Å². The molecule has 4 heteroatoms.